The van der Waals surface area contributed by atoms with Crippen LogP contribution in [0.5, 0.6) is 0 Å². The van der Waals surface area contributed by atoms with Crippen molar-refractivity contribution in [2.24, 2.45) is 5.73 Å². The topological polar surface area (TPSA) is 38.5 Å². The first-order valence-corrected chi connectivity index (χ1v) is 8.99. The van der Waals surface area contributed by atoms with Crippen molar-refractivity contribution in [1.82, 2.24) is 4.90 Å². The van der Waals surface area contributed by atoms with E-state index < -0.39 is 0 Å². The van der Waals surface area contributed by atoms with E-state index >= 15 is 0 Å². The van der Waals surface area contributed by atoms with E-state index in [1.54, 1.807) is 11.3 Å². The summed E-state index contributed by atoms with van der Waals surface area (Å²) in [5.41, 5.74) is 6.05. The first-order valence-electron chi connectivity index (χ1n) is 6.58. The second-order valence-electron chi connectivity index (χ2n) is 4.92. The minimum absolute atomic E-state index is 0.281. The molecule has 108 valence electrons. The number of rotatable bonds is 4. The maximum absolute atomic E-state index is 6.05. The highest BCUT2D eigenvalue weighted by molar-refractivity contribution is 9.13. The minimum atomic E-state index is 0.281. The van der Waals surface area contributed by atoms with Crippen LogP contribution in [0.3, 0.4) is 0 Å². The van der Waals surface area contributed by atoms with E-state index in [0.717, 1.165) is 27.8 Å². The highest BCUT2D eigenvalue weighted by atomic mass is 79.9. The third-order valence-corrected chi connectivity index (χ3v) is 6.96. The summed E-state index contributed by atoms with van der Waals surface area (Å²) in [5.74, 6) is 0. The van der Waals surface area contributed by atoms with E-state index in [4.69, 9.17) is 10.5 Å². The van der Waals surface area contributed by atoms with Gasteiger partial charge in [0.1, 0.15) is 0 Å². The van der Waals surface area contributed by atoms with E-state index in [2.05, 4.69) is 56.7 Å². The maximum Gasteiger partial charge on any atom is 0.0843 e. The largest absolute Gasteiger partial charge is 0.376 e. The summed E-state index contributed by atoms with van der Waals surface area (Å²) in [5, 5.41) is 0. The van der Waals surface area contributed by atoms with Gasteiger partial charge in [0.25, 0.3) is 0 Å². The molecule has 0 spiro atoms. The van der Waals surface area contributed by atoms with Crippen LogP contribution in [-0.2, 0) is 4.74 Å². The summed E-state index contributed by atoms with van der Waals surface area (Å²) < 4.78 is 8.02. The molecule has 2 rings (SSSR count). The Labute approximate surface area is 135 Å². The van der Waals surface area contributed by atoms with Crippen LogP contribution in [0.1, 0.15) is 31.2 Å². The minimum Gasteiger partial charge on any atom is -0.376 e. The van der Waals surface area contributed by atoms with Crippen LogP contribution in [0.25, 0.3) is 0 Å². The predicted molar refractivity (Wildman–Crippen MR) is 87.7 cm³/mol. The van der Waals surface area contributed by atoms with Gasteiger partial charge in [-0.15, -0.1) is 11.3 Å². The van der Waals surface area contributed by atoms with Crippen LogP contribution in [0.4, 0.5) is 0 Å². The fraction of sp³-hybridized carbons (Fsp3) is 0.692. The summed E-state index contributed by atoms with van der Waals surface area (Å²) >= 11 is 8.89. The fourth-order valence-electron chi connectivity index (χ4n) is 2.55. The predicted octanol–water partition coefficient (Wildman–Crippen LogP) is 3.77. The summed E-state index contributed by atoms with van der Waals surface area (Å²) in [4.78, 5) is 3.83. The molecule has 1 saturated heterocycles. The Balaban J connectivity index is 2.23. The molecule has 0 saturated carbocycles. The second kappa shape index (κ2) is 7.00. The molecule has 2 heterocycles. The Morgan fingerprint density at radius 3 is 2.84 bits per heavy atom. The van der Waals surface area contributed by atoms with Gasteiger partial charge >= 0.3 is 0 Å². The van der Waals surface area contributed by atoms with Gasteiger partial charge in [-0.3, -0.25) is 4.90 Å². The van der Waals surface area contributed by atoms with Crippen molar-refractivity contribution in [3.05, 3.63) is 19.2 Å². The van der Waals surface area contributed by atoms with Gasteiger partial charge in [-0.05, 0) is 51.3 Å². The molecule has 1 fully saturated rings. The Kier molecular flexibility index (Phi) is 5.87. The second-order valence-corrected chi connectivity index (χ2v) is 8.18. The Bertz CT molecular complexity index is 407. The van der Waals surface area contributed by atoms with Gasteiger partial charge in [-0.25, -0.2) is 0 Å². The Hall–Kier alpha value is 0.540. The SMILES string of the molecule is CCC1COC(C)CN1C(CN)c1cc(Br)c(Br)s1. The van der Waals surface area contributed by atoms with Crippen LogP contribution in [0, 0.1) is 0 Å². The quantitative estimate of drug-likeness (QED) is 0.819. The highest BCUT2D eigenvalue weighted by Gasteiger charge is 2.32. The standard InChI is InChI=1S/C13H20Br2N2OS/c1-3-9-7-18-8(2)6-17(9)11(5-16)12-4-10(14)13(15)19-12/h4,8-9,11H,3,5-7,16H2,1-2H3. The number of nitrogens with two attached hydrogens (primary N) is 1. The van der Waals surface area contributed by atoms with Crippen molar-refractivity contribution in [2.75, 3.05) is 19.7 Å². The molecule has 6 heteroatoms. The van der Waals surface area contributed by atoms with Gasteiger partial charge in [0, 0.05) is 28.5 Å². The molecule has 0 aromatic carbocycles. The lowest BCUT2D eigenvalue weighted by molar-refractivity contribution is -0.0714. The molecule has 2 N–H and O–H groups in total. The number of hydrogen-bond donors (Lipinski definition) is 1. The number of morpholine rings is 1. The zero-order valence-corrected chi connectivity index (χ0v) is 15.2. The fourth-order valence-corrected chi connectivity index (χ4v) is 4.77. The van der Waals surface area contributed by atoms with E-state index in [1.165, 1.54) is 4.88 Å². The van der Waals surface area contributed by atoms with Crippen molar-refractivity contribution in [3.63, 3.8) is 0 Å². The lowest BCUT2D eigenvalue weighted by atomic mass is 10.1. The smallest absolute Gasteiger partial charge is 0.0843 e. The molecule has 1 aliphatic rings. The van der Waals surface area contributed by atoms with Crippen molar-refractivity contribution in [1.29, 1.82) is 0 Å². The Morgan fingerprint density at radius 1 is 1.58 bits per heavy atom. The molecule has 1 aliphatic heterocycles. The van der Waals surface area contributed by atoms with E-state index in [-0.39, 0.29) is 12.1 Å². The number of halogens is 2. The van der Waals surface area contributed by atoms with Gasteiger partial charge in [0.2, 0.25) is 0 Å². The third-order valence-electron chi connectivity index (χ3n) is 3.60. The average molecular weight is 412 g/mol. The summed E-state index contributed by atoms with van der Waals surface area (Å²) in [7, 11) is 0. The maximum atomic E-state index is 6.05. The van der Waals surface area contributed by atoms with Gasteiger partial charge in [-0.2, -0.15) is 0 Å². The zero-order chi connectivity index (χ0) is 14.0. The molecule has 19 heavy (non-hydrogen) atoms. The van der Waals surface area contributed by atoms with Gasteiger partial charge in [0.05, 0.1) is 22.5 Å². The van der Waals surface area contributed by atoms with Crippen LogP contribution >= 0.6 is 43.2 Å². The number of hydrogen-bond acceptors (Lipinski definition) is 4. The third kappa shape index (κ3) is 3.60. The molecule has 1 aromatic rings. The summed E-state index contributed by atoms with van der Waals surface area (Å²) in [6.07, 6.45) is 1.38. The van der Waals surface area contributed by atoms with Gasteiger partial charge < -0.3 is 10.5 Å². The molecular formula is C13H20Br2N2OS. The molecule has 1 aromatic heterocycles. The number of thiophene rings is 1. The number of ether oxygens (including phenoxy) is 1. The van der Waals surface area contributed by atoms with Crippen molar-refractivity contribution in [3.8, 4) is 0 Å². The first kappa shape index (κ1) is 15.9. The molecule has 0 radical (unpaired) electrons. The summed E-state index contributed by atoms with van der Waals surface area (Å²) in [6, 6.07) is 2.92. The molecule has 3 nitrogen and oxygen atoms in total. The summed E-state index contributed by atoms with van der Waals surface area (Å²) in [6.45, 7) is 6.75. The normalized spacial score (nSPS) is 26.6. The number of nitrogens with zero attached hydrogens (tertiary/aromatic N) is 1. The van der Waals surface area contributed by atoms with E-state index in [9.17, 15) is 0 Å². The lowest BCUT2D eigenvalue weighted by Crippen LogP contribution is -2.51. The molecule has 3 unspecified atom stereocenters. The van der Waals surface area contributed by atoms with Crippen molar-refractivity contribution >= 4 is 43.2 Å². The monoisotopic (exact) mass is 410 g/mol. The van der Waals surface area contributed by atoms with Crippen LogP contribution < -0.4 is 5.73 Å². The highest BCUT2D eigenvalue weighted by Crippen LogP contribution is 2.38. The molecule has 0 amide bonds. The molecule has 0 aliphatic carbocycles. The van der Waals surface area contributed by atoms with Crippen LogP contribution in [0.2, 0.25) is 0 Å². The molecular weight excluding hydrogens is 392 g/mol. The van der Waals surface area contributed by atoms with Gasteiger partial charge in [0.15, 0.2) is 0 Å². The average Bonchev–Trinajstić information content (AvgIpc) is 2.70. The molecule has 0 bridgehead atoms. The first-order chi connectivity index (χ1) is 9.06. The molecule has 3 atom stereocenters. The van der Waals surface area contributed by atoms with E-state index in [1.807, 2.05) is 0 Å². The van der Waals surface area contributed by atoms with Crippen molar-refractivity contribution < 1.29 is 4.74 Å². The lowest BCUT2D eigenvalue weighted by Gasteiger charge is -2.42. The van der Waals surface area contributed by atoms with Crippen molar-refractivity contribution in [2.45, 2.75) is 38.5 Å². The zero-order valence-electron chi connectivity index (χ0n) is 11.2. The van der Waals surface area contributed by atoms with Crippen LogP contribution in [0.15, 0.2) is 14.3 Å². The van der Waals surface area contributed by atoms with Gasteiger partial charge in [-0.1, -0.05) is 6.92 Å². The van der Waals surface area contributed by atoms with E-state index in [0.29, 0.717) is 12.6 Å². The van der Waals surface area contributed by atoms with Crippen LogP contribution in [-0.4, -0.2) is 36.7 Å². The Morgan fingerprint density at radius 2 is 2.32 bits per heavy atom.